The Morgan fingerprint density at radius 2 is 2.38 bits per heavy atom. The van der Waals surface area contributed by atoms with Gasteiger partial charge in [0.2, 0.25) is 5.76 Å². The number of nitrogens with zero attached hydrogens (tertiary/aromatic N) is 1. The summed E-state index contributed by atoms with van der Waals surface area (Å²) in [6.45, 7) is 0.919. The second kappa shape index (κ2) is 3.45. The average Bonchev–Trinajstić information content (AvgIpc) is 2.98. The first-order valence-electron chi connectivity index (χ1n) is 5.39. The van der Waals surface area contributed by atoms with E-state index in [-0.39, 0.29) is 5.76 Å². The van der Waals surface area contributed by atoms with Gasteiger partial charge in [0, 0.05) is 18.8 Å². The van der Waals surface area contributed by atoms with Crippen molar-refractivity contribution in [2.75, 3.05) is 18.5 Å². The fourth-order valence-electron chi connectivity index (χ4n) is 2.21. The van der Waals surface area contributed by atoms with Gasteiger partial charge in [0.05, 0.1) is 4.90 Å². The van der Waals surface area contributed by atoms with E-state index in [9.17, 15) is 4.79 Å². The lowest BCUT2D eigenvalue weighted by Gasteiger charge is -2.30. The molecule has 1 saturated carbocycles. The summed E-state index contributed by atoms with van der Waals surface area (Å²) >= 11 is 1.77. The molecule has 1 fully saturated rings. The van der Waals surface area contributed by atoms with Gasteiger partial charge >= 0.3 is 5.97 Å². The van der Waals surface area contributed by atoms with Gasteiger partial charge in [-0.2, -0.15) is 0 Å². The van der Waals surface area contributed by atoms with Crippen LogP contribution < -0.4 is 4.90 Å². The number of hydrogen-bond acceptors (Lipinski definition) is 4. The van der Waals surface area contributed by atoms with Crippen LogP contribution >= 0.6 is 11.8 Å². The molecular weight excluding hydrogens is 226 g/mol. The number of carbonyl (C=O) groups is 1. The molecule has 0 spiro atoms. The number of hydrogen-bond donors (Lipinski definition) is 1. The molecule has 86 valence electrons. The summed E-state index contributed by atoms with van der Waals surface area (Å²) < 4.78 is 5.14. The van der Waals surface area contributed by atoms with E-state index in [1.54, 1.807) is 18.0 Å². The van der Waals surface area contributed by atoms with Crippen LogP contribution in [0.25, 0.3) is 0 Å². The number of fused-ring (bicyclic) bond motifs is 1. The molecule has 1 aromatic rings. The lowest BCUT2D eigenvalue weighted by Crippen LogP contribution is -2.32. The molecule has 1 N–H and O–H groups in total. The minimum absolute atomic E-state index is 0.0687. The van der Waals surface area contributed by atoms with Gasteiger partial charge in [-0.05, 0) is 18.8 Å². The summed E-state index contributed by atoms with van der Waals surface area (Å²) in [6.07, 6.45) is 4.20. The number of aromatic carboxylic acids is 1. The number of carboxylic acid groups (broad SMARTS) is 1. The van der Waals surface area contributed by atoms with Crippen molar-refractivity contribution in [3.63, 3.8) is 0 Å². The molecule has 4 nitrogen and oxygen atoms in total. The van der Waals surface area contributed by atoms with Crippen molar-refractivity contribution in [1.29, 1.82) is 0 Å². The SMILES string of the molecule is CN1CC(C2CC2)Sc2coc(C(=O)O)c21. The largest absolute Gasteiger partial charge is 0.475 e. The van der Waals surface area contributed by atoms with Gasteiger partial charge in [-0.3, -0.25) is 0 Å². The van der Waals surface area contributed by atoms with Crippen molar-refractivity contribution in [2.45, 2.75) is 23.0 Å². The number of anilines is 1. The van der Waals surface area contributed by atoms with Gasteiger partial charge in [0.15, 0.2) is 0 Å². The Kier molecular flexibility index (Phi) is 2.17. The maximum Gasteiger partial charge on any atom is 0.374 e. The zero-order valence-corrected chi connectivity index (χ0v) is 9.79. The highest BCUT2D eigenvalue weighted by Gasteiger charge is 2.38. The molecule has 1 atom stereocenters. The van der Waals surface area contributed by atoms with Crippen LogP contribution in [0.1, 0.15) is 23.4 Å². The molecule has 2 heterocycles. The average molecular weight is 239 g/mol. The maximum atomic E-state index is 11.0. The lowest BCUT2D eigenvalue weighted by molar-refractivity contribution is 0.0663. The molecule has 0 radical (unpaired) electrons. The highest BCUT2D eigenvalue weighted by Crippen LogP contribution is 2.49. The summed E-state index contributed by atoms with van der Waals surface area (Å²) in [7, 11) is 1.94. The molecule has 2 aliphatic rings. The maximum absolute atomic E-state index is 11.0. The molecule has 1 aliphatic heterocycles. The molecule has 0 aromatic carbocycles. The molecule has 1 aromatic heterocycles. The summed E-state index contributed by atoms with van der Waals surface area (Å²) in [5.74, 6) is -0.110. The fraction of sp³-hybridized carbons (Fsp3) is 0.545. The van der Waals surface area contributed by atoms with Crippen molar-refractivity contribution in [1.82, 2.24) is 0 Å². The van der Waals surface area contributed by atoms with Gasteiger partial charge in [0.25, 0.3) is 0 Å². The van der Waals surface area contributed by atoms with Crippen LogP contribution in [0.15, 0.2) is 15.6 Å². The van der Waals surface area contributed by atoms with Crippen LogP contribution in [-0.2, 0) is 0 Å². The van der Waals surface area contributed by atoms with Gasteiger partial charge in [-0.15, -0.1) is 11.8 Å². The third kappa shape index (κ3) is 1.50. The van der Waals surface area contributed by atoms with E-state index in [2.05, 4.69) is 0 Å². The third-order valence-corrected chi connectivity index (χ3v) is 4.57. The second-order valence-electron chi connectivity index (χ2n) is 4.46. The minimum Gasteiger partial charge on any atom is -0.475 e. The Bertz CT molecular complexity index is 438. The van der Waals surface area contributed by atoms with Gasteiger partial charge < -0.3 is 14.4 Å². The quantitative estimate of drug-likeness (QED) is 0.858. The van der Waals surface area contributed by atoms with Crippen LogP contribution in [0, 0.1) is 5.92 Å². The number of furan rings is 1. The summed E-state index contributed by atoms with van der Waals surface area (Å²) in [4.78, 5) is 14.0. The Morgan fingerprint density at radius 3 is 3.00 bits per heavy atom. The van der Waals surface area contributed by atoms with Crippen LogP contribution in [-0.4, -0.2) is 29.9 Å². The molecular formula is C11H13NO3S. The summed E-state index contributed by atoms with van der Waals surface area (Å²) in [5, 5.41) is 9.60. The highest BCUT2D eigenvalue weighted by molar-refractivity contribution is 8.00. The van der Waals surface area contributed by atoms with Gasteiger partial charge in [-0.1, -0.05) is 0 Å². The van der Waals surface area contributed by atoms with Crippen LogP contribution in [0.4, 0.5) is 5.69 Å². The van der Waals surface area contributed by atoms with E-state index in [4.69, 9.17) is 9.52 Å². The van der Waals surface area contributed by atoms with Crippen LogP contribution in [0.5, 0.6) is 0 Å². The van der Waals surface area contributed by atoms with E-state index in [0.717, 1.165) is 23.0 Å². The molecule has 3 rings (SSSR count). The predicted octanol–water partition coefficient (Wildman–Crippen LogP) is 2.30. The predicted molar refractivity (Wildman–Crippen MR) is 61.3 cm³/mol. The molecule has 1 unspecified atom stereocenters. The van der Waals surface area contributed by atoms with E-state index in [1.165, 1.54) is 12.8 Å². The number of thioether (sulfide) groups is 1. The monoisotopic (exact) mass is 239 g/mol. The van der Waals surface area contributed by atoms with E-state index < -0.39 is 5.97 Å². The van der Waals surface area contributed by atoms with Gasteiger partial charge in [0.1, 0.15) is 12.0 Å². The first kappa shape index (κ1) is 10.1. The van der Waals surface area contributed by atoms with E-state index >= 15 is 0 Å². The second-order valence-corrected chi connectivity index (χ2v) is 5.74. The first-order chi connectivity index (χ1) is 7.66. The summed E-state index contributed by atoms with van der Waals surface area (Å²) in [6, 6.07) is 0. The molecule has 5 heteroatoms. The Hall–Kier alpha value is -1.10. The molecule has 0 saturated heterocycles. The van der Waals surface area contributed by atoms with Crippen molar-refractivity contribution in [3.8, 4) is 0 Å². The number of carboxylic acids is 1. The van der Waals surface area contributed by atoms with Crippen LogP contribution in [0.3, 0.4) is 0 Å². The van der Waals surface area contributed by atoms with Crippen LogP contribution in [0.2, 0.25) is 0 Å². The topological polar surface area (TPSA) is 53.7 Å². The number of rotatable bonds is 2. The molecule has 1 aliphatic carbocycles. The Morgan fingerprint density at radius 1 is 1.62 bits per heavy atom. The standard InChI is InChI=1S/C11H13NO3S/c1-12-4-7(6-2-3-6)16-8-5-15-10(9(8)12)11(13)14/h5-7H,2-4H2,1H3,(H,13,14). The molecule has 0 bridgehead atoms. The van der Waals surface area contributed by atoms with Crippen molar-refractivity contribution in [2.24, 2.45) is 5.92 Å². The zero-order valence-electron chi connectivity index (χ0n) is 8.97. The fourth-order valence-corrected chi connectivity index (χ4v) is 3.76. The molecule has 0 amide bonds. The van der Waals surface area contributed by atoms with Crippen molar-refractivity contribution < 1.29 is 14.3 Å². The molecule has 16 heavy (non-hydrogen) atoms. The zero-order chi connectivity index (χ0) is 11.3. The first-order valence-corrected chi connectivity index (χ1v) is 6.27. The van der Waals surface area contributed by atoms with Crippen molar-refractivity contribution >= 4 is 23.4 Å². The van der Waals surface area contributed by atoms with E-state index in [1.807, 2.05) is 11.9 Å². The van der Waals surface area contributed by atoms with Gasteiger partial charge in [-0.25, -0.2) is 4.79 Å². The highest BCUT2D eigenvalue weighted by atomic mass is 32.2. The van der Waals surface area contributed by atoms with Crippen molar-refractivity contribution in [3.05, 3.63) is 12.0 Å². The normalized spacial score (nSPS) is 24.3. The Labute approximate surface area is 97.6 Å². The summed E-state index contributed by atoms with van der Waals surface area (Å²) in [5.41, 5.74) is 0.745. The third-order valence-electron chi connectivity index (χ3n) is 3.19. The lowest BCUT2D eigenvalue weighted by atomic mass is 10.2. The minimum atomic E-state index is -0.987. The van der Waals surface area contributed by atoms with E-state index in [0.29, 0.717) is 5.25 Å². The Balaban J connectivity index is 1.94. The smallest absolute Gasteiger partial charge is 0.374 e.